The van der Waals surface area contributed by atoms with Crippen LogP contribution < -0.4 is 0 Å². The second-order valence-corrected chi connectivity index (χ2v) is 6.68. The molecule has 1 heterocycles. The Labute approximate surface area is 145 Å². The lowest BCUT2D eigenvalue weighted by atomic mass is 9.94. The van der Waals surface area contributed by atoms with Crippen LogP contribution in [0.25, 0.3) is 0 Å². The molecule has 0 aromatic heterocycles. The van der Waals surface area contributed by atoms with Gasteiger partial charge in [0, 0.05) is 17.9 Å². The highest BCUT2D eigenvalue weighted by molar-refractivity contribution is 8.00. The summed E-state index contributed by atoms with van der Waals surface area (Å²) in [7, 11) is 1.37. The van der Waals surface area contributed by atoms with Crippen molar-refractivity contribution in [2.24, 2.45) is 0 Å². The van der Waals surface area contributed by atoms with Gasteiger partial charge in [0.1, 0.15) is 6.04 Å². The van der Waals surface area contributed by atoms with Crippen LogP contribution in [-0.2, 0) is 27.3 Å². The molecule has 1 atom stereocenters. The number of amides is 1. The first-order valence-corrected chi connectivity index (χ1v) is 8.79. The highest BCUT2D eigenvalue weighted by Crippen LogP contribution is 2.26. The van der Waals surface area contributed by atoms with E-state index < -0.39 is 6.04 Å². The largest absolute Gasteiger partial charge is 0.467 e. The first-order chi connectivity index (χ1) is 11.7. The van der Waals surface area contributed by atoms with Crippen LogP contribution in [0.1, 0.15) is 11.1 Å². The molecule has 0 N–H and O–H groups in total. The Kier molecular flexibility index (Phi) is 5.20. The Bertz CT molecular complexity index is 732. The molecule has 1 amide bonds. The topological polar surface area (TPSA) is 46.6 Å². The molecule has 1 aliphatic heterocycles. The van der Waals surface area contributed by atoms with Gasteiger partial charge >= 0.3 is 5.97 Å². The summed E-state index contributed by atoms with van der Waals surface area (Å²) in [6, 6.07) is 17.2. The predicted molar refractivity (Wildman–Crippen MR) is 93.7 cm³/mol. The summed E-state index contributed by atoms with van der Waals surface area (Å²) in [6.07, 6.45) is 0.505. The second kappa shape index (κ2) is 7.53. The van der Waals surface area contributed by atoms with Gasteiger partial charge in [-0.05, 0) is 23.3 Å². The summed E-state index contributed by atoms with van der Waals surface area (Å²) in [5.41, 5.74) is 2.20. The van der Waals surface area contributed by atoms with Gasteiger partial charge in [-0.1, -0.05) is 42.5 Å². The minimum absolute atomic E-state index is 0.0474. The van der Waals surface area contributed by atoms with Crippen LogP contribution in [0.3, 0.4) is 0 Å². The van der Waals surface area contributed by atoms with Crippen molar-refractivity contribution >= 4 is 23.6 Å². The molecule has 2 aromatic carbocycles. The molecule has 3 rings (SSSR count). The van der Waals surface area contributed by atoms with E-state index in [-0.39, 0.29) is 11.9 Å². The van der Waals surface area contributed by atoms with E-state index in [1.54, 1.807) is 4.90 Å². The standard InChI is InChI=1S/C19H19NO3S/c1-23-19(22)17-11-14-7-5-6-8-15(14)12-20(17)18(21)13-24-16-9-3-2-4-10-16/h2-10,17H,11-13H2,1H3/t17-/m1/s1. The fourth-order valence-electron chi connectivity index (χ4n) is 2.88. The molecule has 0 unspecified atom stereocenters. The number of nitrogens with zero attached hydrogens (tertiary/aromatic N) is 1. The van der Waals surface area contributed by atoms with Crippen LogP contribution in [0.15, 0.2) is 59.5 Å². The van der Waals surface area contributed by atoms with Gasteiger partial charge in [-0.15, -0.1) is 11.8 Å². The van der Waals surface area contributed by atoms with Gasteiger partial charge < -0.3 is 9.64 Å². The van der Waals surface area contributed by atoms with E-state index in [4.69, 9.17) is 4.74 Å². The van der Waals surface area contributed by atoms with Gasteiger partial charge in [0.15, 0.2) is 0 Å². The molecule has 0 spiro atoms. The van der Waals surface area contributed by atoms with Crippen LogP contribution in [-0.4, -0.2) is 35.7 Å². The van der Waals surface area contributed by atoms with Crippen LogP contribution in [0.2, 0.25) is 0 Å². The van der Waals surface area contributed by atoms with Gasteiger partial charge in [0.05, 0.1) is 12.9 Å². The number of fused-ring (bicyclic) bond motifs is 1. The maximum Gasteiger partial charge on any atom is 0.328 e. The van der Waals surface area contributed by atoms with E-state index >= 15 is 0 Å². The van der Waals surface area contributed by atoms with Crippen LogP contribution in [0.4, 0.5) is 0 Å². The Balaban J connectivity index is 1.75. The summed E-state index contributed by atoms with van der Waals surface area (Å²) in [4.78, 5) is 27.5. The van der Waals surface area contributed by atoms with Crippen molar-refractivity contribution in [3.05, 3.63) is 65.7 Å². The van der Waals surface area contributed by atoms with Gasteiger partial charge in [-0.25, -0.2) is 4.79 Å². The molecule has 5 heteroatoms. The Morgan fingerprint density at radius 2 is 1.75 bits per heavy atom. The van der Waals surface area contributed by atoms with Crippen molar-refractivity contribution in [3.8, 4) is 0 Å². The first kappa shape index (κ1) is 16.6. The van der Waals surface area contributed by atoms with Gasteiger partial charge in [0.2, 0.25) is 5.91 Å². The number of carbonyl (C=O) groups is 2. The number of benzene rings is 2. The number of carbonyl (C=O) groups excluding carboxylic acids is 2. The number of methoxy groups -OCH3 is 1. The smallest absolute Gasteiger partial charge is 0.328 e. The first-order valence-electron chi connectivity index (χ1n) is 7.81. The number of esters is 1. The molecule has 1 aliphatic rings. The van der Waals surface area contributed by atoms with E-state index in [1.807, 2.05) is 54.6 Å². The minimum Gasteiger partial charge on any atom is -0.467 e. The molecule has 0 fully saturated rings. The zero-order chi connectivity index (χ0) is 16.9. The lowest BCUT2D eigenvalue weighted by Gasteiger charge is -2.35. The summed E-state index contributed by atoms with van der Waals surface area (Å²) >= 11 is 1.48. The number of hydrogen-bond donors (Lipinski definition) is 0. The zero-order valence-electron chi connectivity index (χ0n) is 13.5. The molecule has 124 valence electrons. The quantitative estimate of drug-likeness (QED) is 0.634. The SMILES string of the molecule is COC(=O)[C@H]1Cc2ccccc2CN1C(=O)CSc1ccccc1. The molecule has 24 heavy (non-hydrogen) atoms. The van der Waals surface area contributed by atoms with Crippen LogP contribution in [0, 0.1) is 0 Å². The van der Waals surface area contributed by atoms with Gasteiger partial charge in [0.25, 0.3) is 0 Å². The molecule has 0 bridgehead atoms. The van der Waals surface area contributed by atoms with Gasteiger partial charge in [-0.2, -0.15) is 0 Å². The van der Waals surface area contributed by atoms with Crippen molar-refractivity contribution < 1.29 is 14.3 Å². The summed E-state index contributed by atoms with van der Waals surface area (Å²) in [5.74, 6) is -0.101. The molecular formula is C19H19NO3S. The van der Waals surface area contributed by atoms with Crippen molar-refractivity contribution in [2.45, 2.75) is 23.9 Å². The van der Waals surface area contributed by atoms with E-state index in [2.05, 4.69) is 0 Å². The Morgan fingerprint density at radius 1 is 1.08 bits per heavy atom. The molecule has 0 aliphatic carbocycles. The Morgan fingerprint density at radius 3 is 2.46 bits per heavy atom. The second-order valence-electron chi connectivity index (χ2n) is 5.64. The molecule has 0 radical (unpaired) electrons. The molecule has 0 saturated heterocycles. The average molecular weight is 341 g/mol. The summed E-state index contributed by atoms with van der Waals surface area (Å²) in [5, 5.41) is 0. The average Bonchev–Trinajstić information content (AvgIpc) is 2.65. The maximum absolute atomic E-state index is 12.7. The predicted octanol–water partition coefficient (Wildman–Crippen LogP) is 2.91. The fraction of sp³-hybridized carbons (Fsp3) is 0.263. The minimum atomic E-state index is -0.547. The van der Waals surface area contributed by atoms with E-state index in [0.717, 1.165) is 16.0 Å². The molecule has 2 aromatic rings. The molecule has 4 nitrogen and oxygen atoms in total. The normalized spacial score (nSPS) is 16.4. The molecule has 0 saturated carbocycles. The van der Waals surface area contributed by atoms with Crippen LogP contribution in [0.5, 0.6) is 0 Å². The third-order valence-electron chi connectivity index (χ3n) is 4.15. The molecular weight excluding hydrogens is 322 g/mol. The van der Waals surface area contributed by atoms with E-state index in [0.29, 0.717) is 18.7 Å². The lowest BCUT2D eigenvalue weighted by molar-refractivity contribution is -0.153. The zero-order valence-corrected chi connectivity index (χ0v) is 14.3. The Hall–Kier alpha value is -2.27. The summed E-state index contributed by atoms with van der Waals surface area (Å²) in [6.45, 7) is 0.449. The monoisotopic (exact) mass is 341 g/mol. The van der Waals surface area contributed by atoms with Crippen molar-refractivity contribution in [2.75, 3.05) is 12.9 Å². The highest BCUT2D eigenvalue weighted by atomic mass is 32.2. The van der Waals surface area contributed by atoms with Crippen molar-refractivity contribution in [3.63, 3.8) is 0 Å². The van der Waals surface area contributed by atoms with E-state index in [1.165, 1.54) is 18.9 Å². The van der Waals surface area contributed by atoms with Crippen molar-refractivity contribution in [1.82, 2.24) is 4.90 Å². The number of rotatable bonds is 4. The lowest BCUT2D eigenvalue weighted by Crippen LogP contribution is -2.49. The number of hydrogen-bond acceptors (Lipinski definition) is 4. The maximum atomic E-state index is 12.7. The van der Waals surface area contributed by atoms with Crippen molar-refractivity contribution in [1.29, 1.82) is 0 Å². The third kappa shape index (κ3) is 3.62. The van der Waals surface area contributed by atoms with Gasteiger partial charge in [-0.3, -0.25) is 4.79 Å². The van der Waals surface area contributed by atoms with E-state index in [9.17, 15) is 9.59 Å². The van der Waals surface area contributed by atoms with Crippen LogP contribution >= 0.6 is 11.8 Å². The number of ether oxygens (including phenoxy) is 1. The third-order valence-corrected chi connectivity index (χ3v) is 5.14. The summed E-state index contributed by atoms with van der Waals surface area (Å²) < 4.78 is 4.91. The fourth-order valence-corrected chi connectivity index (χ4v) is 3.68. The number of thioether (sulfide) groups is 1. The highest BCUT2D eigenvalue weighted by Gasteiger charge is 2.35.